The van der Waals surface area contributed by atoms with Crippen LogP contribution in [0.5, 0.6) is 0 Å². The number of hydrogen-bond donors (Lipinski definition) is 1. The van der Waals surface area contributed by atoms with Gasteiger partial charge in [0.2, 0.25) is 5.60 Å². The quantitative estimate of drug-likeness (QED) is 0.403. The summed E-state index contributed by atoms with van der Waals surface area (Å²) in [7, 11) is -4.95. The fourth-order valence-electron chi connectivity index (χ4n) is 2.30. The van der Waals surface area contributed by atoms with Crippen LogP contribution in [0.25, 0.3) is 0 Å². The van der Waals surface area contributed by atoms with Crippen LogP contribution in [-0.4, -0.2) is 54.5 Å². The zero-order valence-corrected chi connectivity index (χ0v) is 16.3. The van der Waals surface area contributed by atoms with Crippen molar-refractivity contribution in [3.05, 3.63) is 0 Å². The Balaban J connectivity index is 6.56. The van der Waals surface area contributed by atoms with Gasteiger partial charge < -0.3 is 23.6 Å². The van der Waals surface area contributed by atoms with E-state index in [1.807, 2.05) is 0 Å². The average molecular weight is 386 g/mol. The number of ether oxygens (including phenoxy) is 2. The molecule has 0 saturated heterocycles. The number of aliphatic hydroxyl groups is 1. The number of hydrogen-bond acceptors (Lipinski definition) is 8. The molecule has 0 aromatic carbocycles. The first kappa shape index (κ1) is 24.0. The summed E-state index contributed by atoms with van der Waals surface area (Å²) in [6.07, 6.45) is -0.468. The predicted molar refractivity (Wildman–Crippen MR) is 87.8 cm³/mol. The van der Waals surface area contributed by atoms with E-state index in [0.29, 0.717) is 0 Å². The Labute approximate surface area is 147 Å². The first-order chi connectivity index (χ1) is 11.6. The molecule has 0 radical (unpaired) electrons. The van der Waals surface area contributed by atoms with Gasteiger partial charge in [0.15, 0.2) is 0 Å². The van der Waals surface area contributed by atoms with Crippen molar-refractivity contribution in [2.45, 2.75) is 58.5 Å². The highest BCUT2D eigenvalue weighted by Gasteiger charge is 2.75. The molecular formula is C15H28FO8P. The molecule has 0 aliphatic heterocycles. The third-order valence-corrected chi connectivity index (χ3v) is 5.80. The molecule has 0 amide bonds. The van der Waals surface area contributed by atoms with E-state index in [-0.39, 0.29) is 32.8 Å². The Morgan fingerprint density at radius 1 is 0.920 bits per heavy atom. The first-order valence-corrected chi connectivity index (χ1v) is 9.84. The van der Waals surface area contributed by atoms with Gasteiger partial charge in [0.1, 0.15) is 0 Å². The third kappa shape index (κ3) is 4.58. The van der Waals surface area contributed by atoms with Crippen LogP contribution < -0.4 is 0 Å². The second kappa shape index (κ2) is 10.2. The van der Waals surface area contributed by atoms with Gasteiger partial charge in [0.05, 0.1) is 26.4 Å². The second-order valence-corrected chi connectivity index (χ2v) is 7.13. The van der Waals surface area contributed by atoms with E-state index in [2.05, 4.69) is 4.74 Å². The summed E-state index contributed by atoms with van der Waals surface area (Å²) in [6, 6.07) is 0. The van der Waals surface area contributed by atoms with E-state index in [1.54, 1.807) is 6.92 Å². The van der Waals surface area contributed by atoms with Crippen LogP contribution in [-0.2, 0) is 32.7 Å². The van der Waals surface area contributed by atoms with Crippen molar-refractivity contribution in [3.63, 3.8) is 0 Å². The fourth-order valence-corrected chi connectivity index (χ4v) is 4.36. The molecule has 0 aliphatic carbocycles. The molecule has 8 nitrogen and oxygen atoms in total. The molecular weight excluding hydrogens is 358 g/mol. The zero-order chi connectivity index (χ0) is 19.7. The number of halogens is 1. The largest absolute Gasteiger partial charge is 0.464 e. The monoisotopic (exact) mass is 386 g/mol. The lowest BCUT2D eigenvalue weighted by Gasteiger charge is -2.40. The molecule has 0 heterocycles. The maximum Gasteiger partial charge on any atom is 0.383 e. The van der Waals surface area contributed by atoms with Crippen LogP contribution in [0.4, 0.5) is 4.39 Å². The Bertz CT molecular complexity index is 490. The Kier molecular flexibility index (Phi) is 9.79. The van der Waals surface area contributed by atoms with Crippen molar-refractivity contribution < 1.29 is 42.2 Å². The predicted octanol–water partition coefficient (Wildman–Crippen LogP) is 2.58. The molecule has 0 aliphatic rings. The first-order valence-electron chi connectivity index (χ1n) is 8.29. The molecule has 0 aromatic heterocycles. The van der Waals surface area contributed by atoms with Gasteiger partial charge >= 0.3 is 24.9 Å². The van der Waals surface area contributed by atoms with Gasteiger partial charge in [0.25, 0.3) is 0 Å². The topological polar surface area (TPSA) is 108 Å². The second-order valence-electron chi connectivity index (χ2n) is 5.01. The summed E-state index contributed by atoms with van der Waals surface area (Å²) < 4.78 is 48.4. The zero-order valence-electron chi connectivity index (χ0n) is 15.4. The maximum atomic E-state index is 16.1. The van der Waals surface area contributed by atoms with E-state index in [4.69, 9.17) is 13.8 Å². The van der Waals surface area contributed by atoms with Gasteiger partial charge in [-0.1, -0.05) is 13.3 Å². The van der Waals surface area contributed by atoms with Gasteiger partial charge in [0, 0.05) is 0 Å². The highest BCUT2D eigenvalue weighted by atomic mass is 31.2. The van der Waals surface area contributed by atoms with Crippen molar-refractivity contribution in [2.24, 2.45) is 0 Å². The molecule has 1 N–H and O–H groups in total. The average Bonchev–Trinajstić information content (AvgIpc) is 2.54. The molecule has 0 fully saturated rings. The van der Waals surface area contributed by atoms with Gasteiger partial charge in [-0.15, -0.1) is 0 Å². The normalized spacial score (nSPS) is 16.6. The van der Waals surface area contributed by atoms with Crippen molar-refractivity contribution in [1.82, 2.24) is 0 Å². The number of carbonyl (C=O) groups excluding carboxylic acids is 2. The standard InChI is InChI=1S/C15H28FO8P/c1-6-11-14(19,12(17)21-7-2)15(16,13(18)22-8-3)25(20,23-9-4)24-10-5/h19H,6-11H2,1-5H3. The van der Waals surface area contributed by atoms with E-state index in [9.17, 15) is 19.3 Å². The Hall–Kier alpha value is -1.02. The summed E-state index contributed by atoms with van der Waals surface area (Å²) in [4.78, 5) is 24.7. The summed E-state index contributed by atoms with van der Waals surface area (Å²) in [5.74, 6) is -3.14. The van der Waals surface area contributed by atoms with E-state index in [0.717, 1.165) is 0 Å². The molecule has 0 spiro atoms. The molecule has 0 bridgehead atoms. The lowest BCUT2D eigenvalue weighted by molar-refractivity contribution is -0.191. The van der Waals surface area contributed by atoms with E-state index in [1.165, 1.54) is 27.7 Å². The van der Waals surface area contributed by atoms with Crippen LogP contribution in [0.2, 0.25) is 0 Å². The van der Waals surface area contributed by atoms with Crippen molar-refractivity contribution in [1.29, 1.82) is 0 Å². The molecule has 0 aromatic rings. The molecule has 10 heteroatoms. The number of carbonyl (C=O) groups is 2. The third-order valence-electron chi connectivity index (χ3n) is 3.29. The molecule has 0 rings (SSSR count). The van der Waals surface area contributed by atoms with E-state index >= 15 is 4.39 Å². The van der Waals surface area contributed by atoms with Crippen molar-refractivity contribution >= 4 is 19.5 Å². The van der Waals surface area contributed by atoms with Gasteiger partial charge in [-0.3, -0.25) is 4.57 Å². The summed E-state index contributed by atoms with van der Waals surface area (Å²) in [5, 5.41) is 7.06. The van der Waals surface area contributed by atoms with E-state index < -0.39 is 37.0 Å². The highest BCUT2D eigenvalue weighted by molar-refractivity contribution is 7.56. The van der Waals surface area contributed by atoms with Crippen LogP contribution in [0.1, 0.15) is 47.5 Å². The van der Waals surface area contributed by atoms with Crippen LogP contribution in [0.3, 0.4) is 0 Å². The lowest BCUT2D eigenvalue weighted by Crippen LogP contribution is -2.62. The fraction of sp³-hybridized carbons (Fsp3) is 0.867. The lowest BCUT2D eigenvalue weighted by atomic mass is 9.91. The highest BCUT2D eigenvalue weighted by Crippen LogP contribution is 2.66. The van der Waals surface area contributed by atoms with Gasteiger partial charge in [-0.2, -0.15) is 0 Å². The van der Waals surface area contributed by atoms with Crippen LogP contribution in [0, 0.1) is 0 Å². The summed E-state index contributed by atoms with van der Waals surface area (Å²) >= 11 is 0. The Morgan fingerprint density at radius 2 is 1.36 bits per heavy atom. The summed E-state index contributed by atoms with van der Waals surface area (Å²) in [5.41, 5.74) is -3.09. The molecule has 148 valence electrons. The van der Waals surface area contributed by atoms with Crippen molar-refractivity contribution in [2.75, 3.05) is 26.4 Å². The smallest absolute Gasteiger partial charge is 0.383 e. The minimum Gasteiger partial charge on any atom is -0.464 e. The Morgan fingerprint density at radius 3 is 1.72 bits per heavy atom. The van der Waals surface area contributed by atoms with Gasteiger partial charge in [-0.25, -0.2) is 14.0 Å². The molecule has 2 unspecified atom stereocenters. The number of alkyl halides is 1. The maximum absolute atomic E-state index is 16.1. The SMILES string of the molecule is CCCC(O)(C(=O)OCC)C(F)(C(=O)OCC)P(=O)(OCC)OCC. The van der Waals surface area contributed by atoms with Crippen LogP contribution >= 0.6 is 7.60 Å². The molecule has 2 atom stereocenters. The van der Waals surface area contributed by atoms with Crippen molar-refractivity contribution in [3.8, 4) is 0 Å². The minimum absolute atomic E-state index is 0.0820. The number of rotatable bonds is 12. The molecule has 0 saturated carbocycles. The number of esters is 2. The summed E-state index contributed by atoms with van der Waals surface area (Å²) in [6.45, 7) is 6.17. The van der Waals surface area contributed by atoms with Gasteiger partial charge in [-0.05, 0) is 34.1 Å². The van der Waals surface area contributed by atoms with Crippen LogP contribution in [0.15, 0.2) is 0 Å². The molecule has 25 heavy (non-hydrogen) atoms. The minimum atomic E-state index is -4.95.